The van der Waals surface area contributed by atoms with Crippen LogP contribution in [0.2, 0.25) is 0 Å². The summed E-state index contributed by atoms with van der Waals surface area (Å²) in [5.74, 6) is 1.51. The van der Waals surface area contributed by atoms with E-state index >= 15 is 0 Å². The van der Waals surface area contributed by atoms with Gasteiger partial charge in [0.25, 0.3) is 5.91 Å². The molecular weight excluding hydrogens is 476 g/mol. The van der Waals surface area contributed by atoms with Crippen LogP contribution in [-0.2, 0) is 9.47 Å². The number of nitrogens with one attached hydrogen (secondary N) is 1. The minimum Gasteiger partial charge on any atom is -0.377 e. The van der Waals surface area contributed by atoms with Crippen LogP contribution in [-0.4, -0.2) is 79.0 Å². The lowest BCUT2D eigenvalue weighted by Crippen LogP contribution is -2.47. The largest absolute Gasteiger partial charge is 0.377 e. The fourth-order valence-corrected chi connectivity index (χ4v) is 5.43. The van der Waals surface area contributed by atoms with Crippen LogP contribution in [0.1, 0.15) is 30.1 Å². The number of carbonyl (C=O) groups excluding carboxylic acids is 1. The van der Waals surface area contributed by atoms with Crippen LogP contribution in [0.5, 0.6) is 0 Å². The molecule has 3 atom stereocenters. The van der Waals surface area contributed by atoms with Crippen molar-refractivity contribution in [1.82, 2.24) is 20.3 Å². The van der Waals surface area contributed by atoms with E-state index in [0.29, 0.717) is 42.5 Å². The van der Waals surface area contributed by atoms with Crippen molar-refractivity contribution >= 4 is 42.2 Å². The summed E-state index contributed by atoms with van der Waals surface area (Å²) in [5.41, 5.74) is 2.92. The Balaban J connectivity index is 0.00000267. The molecule has 1 aromatic carbocycles. The molecule has 36 heavy (non-hydrogen) atoms. The standard InChI is InChI=1S/C26H30N6O3.H2S/c1-16-13-34-11-10-31(16)26-29-23-21(24(30-26)32-19-6-7-20(32)15-35-14-19)8-9-22(28-23)17-4-3-5-18(12-17)25(33)27-2;/h3-5,8-9,12,16,19-20H,6-7,10-11,13-15H2,1-2H3,(H,27,33);1H2/t16-,19?,20?;/m0./s1. The molecule has 2 bridgehead atoms. The summed E-state index contributed by atoms with van der Waals surface area (Å²) < 4.78 is 11.5. The minimum atomic E-state index is -0.122. The van der Waals surface area contributed by atoms with E-state index < -0.39 is 0 Å². The Morgan fingerprint density at radius 3 is 2.58 bits per heavy atom. The molecule has 3 aliphatic heterocycles. The van der Waals surface area contributed by atoms with Gasteiger partial charge in [0.15, 0.2) is 5.65 Å². The highest BCUT2D eigenvalue weighted by Gasteiger charge is 2.39. The van der Waals surface area contributed by atoms with E-state index in [4.69, 9.17) is 24.4 Å². The Bertz CT molecular complexity index is 1260. The molecule has 2 aromatic heterocycles. The van der Waals surface area contributed by atoms with Gasteiger partial charge in [-0.25, -0.2) is 4.98 Å². The monoisotopic (exact) mass is 508 g/mol. The van der Waals surface area contributed by atoms with Gasteiger partial charge in [0.1, 0.15) is 5.82 Å². The van der Waals surface area contributed by atoms with Crippen molar-refractivity contribution in [3.63, 3.8) is 0 Å². The molecule has 0 saturated carbocycles. The number of benzene rings is 1. The first-order valence-electron chi connectivity index (χ1n) is 12.3. The summed E-state index contributed by atoms with van der Waals surface area (Å²) in [7, 11) is 1.63. The van der Waals surface area contributed by atoms with E-state index in [2.05, 4.69) is 28.1 Å². The molecule has 9 nitrogen and oxygen atoms in total. The van der Waals surface area contributed by atoms with Gasteiger partial charge in [-0.2, -0.15) is 23.5 Å². The zero-order chi connectivity index (χ0) is 23.9. The zero-order valence-corrected chi connectivity index (χ0v) is 21.6. The Morgan fingerprint density at radius 1 is 1.03 bits per heavy atom. The molecule has 3 aliphatic rings. The Hall–Kier alpha value is -2.95. The molecule has 0 aliphatic carbocycles. The van der Waals surface area contributed by atoms with Gasteiger partial charge in [0, 0.05) is 24.7 Å². The number of hydrogen-bond acceptors (Lipinski definition) is 8. The topological polar surface area (TPSA) is 92.7 Å². The van der Waals surface area contributed by atoms with Gasteiger partial charge >= 0.3 is 0 Å². The number of morpholine rings is 2. The molecule has 3 aromatic rings. The van der Waals surface area contributed by atoms with E-state index in [-0.39, 0.29) is 25.4 Å². The molecule has 3 saturated heterocycles. The number of fused-ring (bicyclic) bond motifs is 3. The number of hydrogen-bond donors (Lipinski definition) is 1. The summed E-state index contributed by atoms with van der Waals surface area (Å²) in [4.78, 5) is 31.9. The average molecular weight is 509 g/mol. The van der Waals surface area contributed by atoms with Crippen molar-refractivity contribution in [2.24, 2.45) is 0 Å². The van der Waals surface area contributed by atoms with Gasteiger partial charge in [0.05, 0.1) is 55.6 Å². The number of anilines is 2. The molecule has 1 N–H and O–H groups in total. The van der Waals surface area contributed by atoms with Crippen LogP contribution in [0.15, 0.2) is 36.4 Å². The van der Waals surface area contributed by atoms with Crippen molar-refractivity contribution in [3.05, 3.63) is 42.0 Å². The molecule has 3 fully saturated rings. The first kappa shape index (κ1) is 24.7. The van der Waals surface area contributed by atoms with Crippen molar-refractivity contribution < 1.29 is 14.3 Å². The second kappa shape index (κ2) is 10.2. The lowest BCUT2D eigenvalue weighted by atomic mass is 10.1. The predicted molar refractivity (Wildman–Crippen MR) is 144 cm³/mol. The maximum absolute atomic E-state index is 12.2. The fraction of sp³-hybridized carbons (Fsp3) is 0.462. The molecule has 6 rings (SSSR count). The van der Waals surface area contributed by atoms with Crippen LogP contribution >= 0.6 is 13.5 Å². The highest BCUT2D eigenvalue weighted by Crippen LogP contribution is 2.38. The van der Waals surface area contributed by atoms with Gasteiger partial charge in [-0.3, -0.25) is 4.79 Å². The summed E-state index contributed by atoms with van der Waals surface area (Å²) >= 11 is 0. The number of amides is 1. The lowest BCUT2D eigenvalue weighted by molar-refractivity contribution is 0.0902. The van der Waals surface area contributed by atoms with Crippen molar-refractivity contribution in [3.8, 4) is 11.3 Å². The molecule has 1 amide bonds. The maximum Gasteiger partial charge on any atom is 0.251 e. The minimum absolute atomic E-state index is 0. The predicted octanol–water partition coefficient (Wildman–Crippen LogP) is 2.76. The first-order chi connectivity index (χ1) is 17.1. The number of ether oxygens (including phenoxy) is 2. The third-order valence-electron chi connectivity index (χ3n) is 7.28. The smallest absolute Gasteiger partial charge is 0.251 e. The van der Waals surface area contributed by atoms with Gasteiger partial charge in [-0.1, -0.05) is 12.1 Å². The van der Waals surface area contributed by atoms with E-state index in [1.54, 1.807) is 13.1 Å². The van der Waals surface area contributed by atoms with Crippen molar-refractivity contribution in [1.29, 1.82) is 0 Å². The molecule has 0 spiro atoms. The molecular formula is C26H32N6O3S. The molecule has 5 heterocycles. The fourth-order valence-electron chi connectivity index (χ4n) is 5.43. The van der Waals surface area contributed by atoms with E-state index in [1.807, 2.05) is 24.3 Å². The summed E-state index contributed by atoms with van der Waals surface area (Å²) in [6, 6.07) is 12.4. The highest BCUT2D eigenvalue weighted by atomic mass is 32.1. The molecule has 10 heteroatoms. The maximum atomic E-state index is 12.2. The van der Waals surface area contributed by atoms with Gasteiger partial charge < -0.3 is 24.6 Å². The molecule has 190 valence electrons. The Morgan fingerprint density at radius 2 is 1.83 bits per heavy atom. The quantitative estimate of drug-likeness (QED) is 0.575. The average Bonchev–Trinajstić information content (AvgIpc) is 3.14. The van der Waals surface area contributed by atoms with Crippen LogP contribution in [0, 0.1) is 0 Å². The van der Waals surface area contributed by atoms with Crippen LogP contribution in [0.25, 0.3) is 22.3 Å². The second-order valence-electron chi connectivity index (χ2n) is 9.52. The lowest BCUT2D eigenvalue weighted by Gasteiger charge is -2.38. The second-order valence-corrected chi connectivity index (χ2v) is 9.52. The zero-order valence-electron chi connectivity index (χ0n) is 20.6. The normalized spacial score (nSPS) is 23.4. The number of rotatable bonds is 4. The number of nitrogens with zero attached hydrogens (tertiary/aromatic N) is 5. The van der Waals surface area contributed by atoms with Gasteiger partial charge in [-0.15, -0.1) is 0 Å². The van der Waals surface area contributed by atoms with Crippen molar-refractivity contribution in [2.45, 2.75) is 37.9 Å². The van der Waals surface area contributed by atoms with Crippen LogP contribution < -0.4 is 15.1 Å². The van der Waals surface area contributed by atoms with Crippen LogP contribution in [0.3, 0.4) is 0 Å². The van der Waals surface area contributed by atoms with Crippen LogP contribution in [0.4, 0.5) is 11.8 Å². The molecule has 0 radical (unpaired) electrons. The summed E-state index contributed by atoms with van der Waals surface area (Å²) in [5, 5.41) is 3.63. The van der Waals surface area contributed by atoms with Gasteiger partial charge in [0.2, 0.25) is 5.95 Å². The number of pyridine rings is 1. The Labute approximate surface area is 217 Å². The highest BCUT2D eigenvalue weighted by molar-refractivity contribution is 7.59. The molecule has 2 unspecified atom stereocenters. The van der Waals surface area contributed by atoms with Gasteiger partial charge in [-0.05, 0) is 44.0 Å². The SMILES string of the molecule is CNC(=O)c1cccc(-c2ccc3c(N4C5CCC4COC5)nc(N4CCOC[C@@H]4C)nc3n2)c1.S. The number of aromatic nitrogens is 3. The van der Waals surface area contributed by atoms with E-state index in [0.717, 1.165) is 55.1 Å². The van der Waals surface area contributed by atoms with E-state index in [9.17, 15) is 4.79 Å². The van der Waals surface area contributed by atoms with Crippen molar-refractivity contribution in [2.75, 3.05) is 49.8 Å². The van der Waals surface area contributed by atoms with E-state index in [1.165, 1.54) is 0 Å². The Kier molecular flexibility index (Phi) is 7.00. The third-order valence-corrected chi connectivity index (χ3v) is 7.28. The summed E-state index contributed by atoms with van der Waals surface area (Å²) in [6.45, 7) is 5.64. The first-order valence-corrected chi connectivity index (χ1v) is 12.3. The number of carbonyl (C=O) groups is 1. The summed E-state index contributed by atoms with van der Waals surface area (Å²) in [6.07, 6.45) is 2.22. The third kappa shape index (κ3) is 4.38.